The predicted octanol–water partition coefficient (Wildman–Crippen LogP) is 2.08. The first kappa shape index (κ1) is 19.3. The van der Waals surface area contributed by atoms with E-state index in [1.54, 1.807) is 48.5 Å². The fourth-order valence-corrected chi connectivity index (χ4v) is 2.05. The molecule has 1 atom stereocenters. The maximum atomic E-state index is 12.1. The van der Waals surface area contributed by atoms with Gasteiger partial charge in [-0.15, -0.1) is 0 Å². The maximum Gasteiger partial charge on any atom is 0.338 e. The van der Waals surface area contributed by atoms with E-state index >= 15 is 0 Å². The van der Waals surface area contributed by atoms with Crippen molar-refractivity contribution in [1.82, 2.24) is 0 Å². The van der Waals surface area contributed by atoms with Crippen LogP contribution >= 0.6 is 0 Å². The summed E-state index contributed by atoms with van der Waals surface area (Å²) in [6, 6.07) is 12.7. The van der Waals surface area contributed by atoms with Crippen LogP contribution in [0.5, 0.6) is 11.5 Å². The van der Waals surface area contributed by atoms with Gasteiger partial charge in [0, 0.05) is 0 Å². The molecule has 0 fully saturated rings. The minimum absolute atomic E-state index is 0.261. The standard InChI is InChI=1S/C19H20O7/c1-23-15-7-3-13(4-8-15)18(21)25-12-17(11-20)26-19(22)14-5-9-16(24-2)10-6-14/h3-10,17,20H,11-12H2,1-2H3. The molecule has 2 aromatic rings. The Morgan fingerprint density at radius 1 is 0.846 bits per heavy atom. The van der Waals surface area contributed by atoms with Crippen LogP contribution in [0.4, 0.5) is 0 Å². The first-order chi connectivity index (χ1) is 12.6. The molecule has 0 spiro atoms. The van der Waals surface area contributed by atoms with Crippen molar-refractivity contribution >= 4 is 11.9 Å². The molecular formula is C19H20O7. The van der Waals surface area contributed by atoms with Crippen LogP contribution in [0.15, 0.2) is 48.5 Å². The first-order valence-corrected chi connectivity index (χ1v) is 7.84. The Balaban J connectivity index is 1.89. The topological polar surface area (TPSA) is 91.3 Å². The Morgan fingerprint density at radius 2 is 1.31 bits per heavy atom. The highest BCUT2D eigenvalue weighted by atomic mass is 16.6. The first-order valence-electron chi connectivity index (χ1n) is 7.84. The Labute approximate surface area is 151 Å². The minimum atomic E-state index is -0.966. The van der Waals surface area contributed by atoms with Gasteiger partial charge in [0.1, 0.15) is 18.1 Å². The van der Waals surface area contributed by atoms with Gasteiger partial charge in [0.05, 0.1) is 32.0 Å². The van der Waals surface area contributed by atoms with Gasteiger partial charge in [-0.3, -0.25) is 0 Å². The lowest BCUT2D eigenvalue weighted by Crippen LogP contribution is -2.28. The third-order valence-electron chi connectivity index (χ3n) is 3.53. The van der Waals surface area contributed by atoms with Crippen LogP contribution in [-0.2, 0) is 9.47 Å². The number of carbonyl (C=O) groups is 2. The lowest BCUT2D eigenvalue weighted by molar-refractivity contribution is -0.0170. The summed E-state index contributed by atoms with van der Waals surface area (Å²) in [7, 11) is 3.04. The quantitative estimate of drug-likeness (QED) is 0.721. The third-order valence-corrected chi connectivity index (χ3v) is 3.53. The van der Waals surface area contributed by atoms with E-state index in [1.807, 2.05) is 0 Å². The van der Waals surface area contributed by atoms with E-state index in [9.17, 15) is 14.7 Å². The average molecular weight is 360 g/mol. The monoisotopic (exact) mass is 360 g/mol. The van der Waals surface area contributed by atoms with Crippen molar-refractivity contribution in [2.24, 2.45) is 0 Å². The van der Waals surface area contributed by atoms with Crippen LogP contribution in [0.1, 0.15) is 20.7 Å². The zero-order chi connectivity index (χ0) is 18.9. The van der Waals surface area contributed by atoms with Crippen molar-refractivity contribution in [3.8, 4) is 11.5 Å². The number of benzene rings is 2. The lowest BCUT2D eigenvalue weighted by Gasteiger charge is -2.16. The Hall–Kier alpha value is -3.06. The van der Waals surface area contributed by atoms with Gasteiger partial charge in [-0.05, 0) is 48.5 Å². The van der Waals surface area contributed by atoms with Crippen LogP contribution in [0.2, 0.25) is 0 Å². The fourth-order valence-electron chi connectivity index (χ4n) is 2.05. The number of carbonyl (C=O) groups excluding carboxylic acids is 2. The number of hydrogen-bond acceptors (Lipinski definition) is 7. The molecular weight excluding hydrogens is 340 g/mol. The molecule has 1 N–H and O–H groups in total. The smallest absolute Gasteiger partial charge is 0.338 e. The van der Waals surface area contributed by atoms with Crippen molar-refractivity contribution in [1.29, 1.82) is 0 Å². The Kier molecular flexibility index (Phi) is 6.99. The highest BCUT2D eigenvalue weighted by Crippen LogP contribution is 2.14. The molecule has 26 heavy (non-hydrogen) atoms. The molecule has 1 unspecified atom stereocenters. The maximum absolute atomic E-state index is 12.1. The van der Waals surface area contributed by atoms with Crippen LogP contribution in [0, 0.1) is 0 Å². The number of aliphatic hydroxyl groups excluding tert-OH is 1. The van der Waals surface area contributed by atoms with Crippen LogP contribution in [0.25, 0.3) is 0 Å². The number of rotatable bonds is 8. The highest BCUT2D eigenvalue weighted by Gasteiger charge is 2.18. The second kappa shape index (κ2) is 9.43. The van der Waals surface area contributed by atoms with Gasteiger partial charge in [0.15, 0.2) is 6.10 Å². The lowest BCUT2D eigenvalue weighted by atomic mass is 10.2. The summed E-state index contributed by atoms with van der Waals surface area (Å²) in [5.74, 6) is -0.00400. The number of esters is 2. The number of hydrogen-bond donors (Lipinski definition) is 1. The molecule has 2 rings (SSSR count). The second-order valence-electron chi connectivity index (χ2n) is 5.27. The summed E-state index contributed by atoms with van der Waals surface area (Å²) in [4.78, 5) is 24.1. The summed E-state index contributed by atoms with van der Waals surface area (Å²) in [6.45, 7) is -0.735. The van der Waals surface area contributed by atoms with Crippen LogP contribution in [-0.4, -0.2) is 50.6 Å². The van der Waals surface area contributed by atoms with Gasteiger partial charge >= 0.3 is 11.9 Å². The molecule has 0 saturated carbocycles. The highest BCUT2D eigenvalue weighted by molar-refractivity contribution is 5.90. The van der Waals surface area contributed by atoms with E-state index in [1.165, 1.54) is 14.2 Å². The molecule has 0 aliphatic heterocycles. The molecule has 0 amide bonds. The van der Waals surface area contributed by atoms with Crippen LogP contribution < -0.4 is 9.47 Å². The van der Waals surface area contributed by atoms with E-state index in [4.69, 9.17) is 18.9 Å². The van der Waals surface area contributed by atoms with Gasteiger partial charge in [-0.25, -0.2) is 9.59 Å². The van der Waals surface area contributed by atoms with E-state index in [2.05, 4.69) is 0 Å². The largest absolute Gasteiger partial charge is 0.497 e. The molecule has 0 aliphatic rings. The third kappa shape index (κ3) is 5.22. The molecule has 7 nitrogen and oxygen atoms in total. The minimum Gasteiger partial charge on any atom is -0.497 e. The van der Waals surface area contributed by atoms with Gasteiger partial charge in [-0.2, -0.15) is 0 Å². The van der Waals surface area contributed by atoms with Crippen molar-refractivity contribution in [2.75, 3.05) is 27.4 Å². The van der Waals surface area contributed by atoms with Crippen molar-refractivity contribution in [3.05, 3.63) is 59.7 Å². The second-order valence-corrected chi connectivity index (χ2v) is 5.27. The van der Waals surface area contributed by atoms with Crippen molar-refractivity contribution in [3.63, 3.8) is 0 Å². The van der Waals surface area contributed by atoms with E-state index in [-0.39, 0.29) is 6.61 Å². The van der Waals surface area contributed by atoms with E-state index in [0.717, 1.165) is 0 Å². The molecule has 0 aromatic heterocycles. The Bertz CT molecular complexity index is 723. The molecule has 0 radical (unpaired) electrons. The summed E-state index contributed by atoms with van der Waals surface area (Å²) in [5, 5.41) is 9.35. The predicted molar refractivity (Wildman–Crippen MR) is 92.6 cm³/mol. The Morgan fingerprint density at radius 3 is 1.73 bits per heavy atom. The fraction of sp³-hybridized carbons (Fsp3) is 0.263. The SMILES string of the molecule is COc1ccc(C(=O)OCC(CO)OC(=O)c2ccc(OC)cc2)cc1. The molecule has 0 bridgehead atoms. The molecule has 7 heteroatoms. The number of ether oxygens (including phenoxy) is 4. The molecule has 0 heterocycles. The molecule has 0 saturated heterocycles. The zero-order valence-corrected chi connectivity index (χ0v) is 14.5. The van der Waals surface area contributed by atoms with E-state index in [0.29, 0.717) is 22.6 Å². The summed E-state index contributed by atoms with van der Waals surface area (Å²) >= 11 is 0. The molecule has 0 aliphatic carbocycles. The zero-order valence-electron chi connectivity index (χ0n) is 14.5. The number of methoxy groups -OCH3 is 2. The average Bonchev–Trinajstić information content (AvgIpc) is 2.70. The number of aliphatic hydroxyl groups is 1. The van der Waals surface area contributed by atoms with Gasteiger partial charge < -0.3 is 24.1 Å². The molecule has 2 aromatic carbocycles. The summed E-state index contributed by atoms with van der Waals surface area (Å²) in [6.07, 6.45) is -0.966. The summed E-state index contributed by atoms with van der Waals surface area (Å²) in [5.41, 5.74) is 0.620. The van der Waals surface area contributed by atoms with Gasteiger partial charge in [0.25, 0.3) is 0 Å². The van der Waals surface area contributed by atoms with Gasteiger partial charge in [0.2, 0.25) is 0 Å². The van der Waals surface area contributed by atoms with E-state index < -0.39 is 24.6 Å². The summed E-state index contributed by atoms with van der Waals surface area (Å²) < 4.78 is 20.3. The van der Waals surface area contributed by atoms with Crippen LogP contribution in [0.3, 0.4) is 0 Å². The molecule has 138 valence electrons. The van der Waals surface area contributed by atoms with Crippen molar-refractivity contribution in [2.45, 2.75) is 6.10 Å². The normalized spacial score (nSPS) is 11.3. The van der Waals surface area contributed by atoms with Crippen molar-refractivity contribution < 1.29 is 33.6 Å². The van der Waals surface area contributed by atoms with Gasteiger partial charge in [-0.1, -0.05) is 0 Å².